The lowest BCUT2D eigenvalue weighted by molar-refractivity contribution is -0.142. The standard InChI is InChI=1S/C39H44N8O7.C3H6O/c1-52-38(50)42-20-34(48)40-14-4-3-7-33-41-19-31(43-33)27-11-10-23-16-24(8-9-25(23)17-27)26-12-13-29-30(18-26)45-36(44-29)32-6-5-15-47(32)37(49)35(28-21-54-22-28)46-39(51)53-2;1-2-4-3-1/h8-13,16-19,28,32,35H,3-7,14-15,20-22H2,1-2H3,(H,40,48)(H,41,43)(H,42,50)(H,44,45)(H,46,51);1-3H2. The van der Waals surface area contributed by atoms with Gasteiger partial charge in [0.05, 0.1) is 62.9 Å². The minimum atomic E-state index is -0.710. The highest BCUT2D eigenvalue weighted by Gasteiger charge is 2.42. The number of ether oxygens (including phenoxy) is 4. The molecule has 5 aromatic rings. The maximum absolute atomic E-state index is 13.7. The number of aromatic amines is 2. The number of imidazole rings is 2. The van der Waals surface area contributed by atoms with Crippen LogP contribution >= 0.6 is 0 Å². The molecule has 0 radical (unpaired) electrons. The van der Waals surface area contributed by atoms with Gasteiger partial charge in [0.15, 0.2) is 0 Å². The summed E-state index contributed by atoms with van der Waals surface area (Å²) < 4.78 is 19.3. The van der Waals surface area contributed by atoms with Gasteiger partial charge in [-0.3, -0.25) is 9.59 Å². The largest absolute Gasteiger partial charge is 0.453 e. The molecule has 16 nitrogen and oxygen atoms in total. The zero-order valence-electron chi connectivity index (χ0n) is 32.8. The SMILES string of the molecule is C1COC1.COC(=O)NCC(=O)NCCCCc1ncc(-c2ccc3cc(-c4ccc5nc(C6CCCN6C(=O)C(NC(=O)OC)C6COC6)[nH]c5c4)ccc3c2)[nH]1. The van der Waals surface area contributed by atoms with Crippen molar-refractivity contribution in [2.75, 3.05) is 60.3 Å². The van der Waals surface area contributed by atoms with Crippen molar-refractivity contribution in [2.45, 2.75) is 50.6 Å². The molecule has 16 heteroatoms. The van der Waals surface area contributed by atoms with E-state index >= 15 is 0 Å². The normalized spacial score (nSPS) is 16.7. The van der Waals surface area contributed by atoms with Gasteiger partial charge < -0.3 is 49.8 Å². The number of aromatic nitrogens is 4. The molecule has 5 heterocycles. The first-order chi connectivity index (χ1) is 28.3. The summed E-state index contributed by atoms with van der Waals surface area (Å²) in [5.41, 5.74) is 5.82. The second-order valence-electron chi connectivity index (χ2n) is 14.6. The minimum Gasteiger partial charge on any atom is -0.453 e. The van der Waals surface area contributed by atoms with Gasteiger partial charge in [-0.25, -0.2) is 19.6 Å². The molecular weight excluding hydrogens is 745 g/mol. The van der Waals surface area contributed by atoms with E-state index in [1.165, 1.54) is 20.6 Å². The van der Waals surface area contributed by atoms with Crippen LogP contribution in [0.5, 0.6) is 0 Å². The lowest BCUT2D eigenvalue weighted by atomic mass is 9.96. The summed E-state index contributed by atoms with van der Waals surface area (Å²) in [4.78, 5) is 66.8. The predicted molar refractivity (Wildman–Crippen MR) is 216 cm³/mol. The van der Waals surface area contributed by atoms with E-state index in [1.54, 1.807) is 0 Å². The Morgan fingerprint density at radius 3 is 2.28 bits per heavy atom. The number of carbonyl (C=O) groups is 4. The van der Waals surface area contributed by atoms with Gasteiger partial charge in [-0.2, -0.15) is 0 Å². The van der Waals surface area contributed by atoms with Crippen molar-refractivity contribution < 1.29 is 38.1 Å². The van der Waals surface area contributed by atoms with Gasteiger partial charge in [0.1, 0.15) is 17.7 Å². The summed E-state index contributed by atoms with van der Waals surface area (Å²) in [5, 5.41) is 10.1. The number of carbonyl (C=O) groups excluding carboxylic acids is 4. The predicted octanol–water partition coefficient (Wildman–Crippen LogP) is 5.01. The molecule has 0 saturated carbocycles. The van der Waals surface area contributed by atoms with E-state index in [9.17, 15) is 19.2 Å². The third-order valence-corrected chi connectivity index (χ3v) is 10.6. The third-order valence-electron chi connectivity index (χ3n) is 10.6. The Bertz CT molecular complexity index is 2230. The molecule has 2 atom stereocenters. The molecule has 4 amide bonds. The van der Waals surface area contributed by atoms with Gasteiger partial charge >= 0.3 is 12.2 Å². The van der Waals surface area contributed by atoms with Crippen molar-refractivity contribution in [3.63, 3.8) is 0 Å². The molecule has 3 fully saturated rings. The summed E-state index contributed by atoms with van der Waals surface area (Å²) in [7, 11) is 2.54. The zero-order chi connectivity index (χ0) is 40.4. The second-order valence-corrected chi connectivity index (χ2v) is 14.6. The lowest BCUT2D eigenvalue weighted by Gasteiger charge is -2.36. The van der Waals surface area contributed by atoms with Crippen molar-refractivity contribution >= 4 is 45.8 Å². The van der Waals surface area contributed by atoms with Crippen LogP contribution in [0.1, 0.15) is 49.8 Å². The smallest absolute Gasteiger partial charge is 0.407 e. The first kappa shape index (κ1) is 40.2. The highest BCUT2D eigenvalue weighted by molar-refractivity contribution is 5.92. The summed E-state index contributed by atoms with van der Waals surface area (Å²) in [6, 6.07) is 18.0. The number of hydrogen-bond donors (Lipinski definition) is 5. The molecule has 5 N–H and O–H groups in total. The number of amides is 4. The average Bonchev–Trinajstić information content (AvgIpc) is 3.97. The number of aryl methyl sites for hydroxylation is 1. The van der Waals surface area contributed by atoms with Gasteiger partial charge in [-0.1, -0.05) is 30.3 Å². The molecule has 0 spiro atoms. The number of likely N-dealkylation sites (tertiary alicyclic amines) is 1. The Balaban J connectivity index is 0.00000121. The summed E-state index contributed by atoms with van der Waals surface area (Å²) in [6.45, 7) is 3.81. The van der Waals surface area contributed by atoms with E-state index in [0.717, 1.165) is 101 Å². The van der Waals surface area contributed by atoms with Crippen LogP contribution in [0.25, 0.3) is 44.2 Å². The molecule has 3 saturated heterocycles. The molecule has 3 aliphatic heterocycles. The fraction of sp³-hybridized carbons (Fsp3) is 0.429. The van der Waals surface area contributed by atoms with Crippen molar-refractivity contribution in [1.82, 2.24) is 40.8 Å². The number of nitrogens with one attached hydrogen (secondary N) is 5. The van der Waals surface area contributed by atoms with Gasteiger partial charge in [0.2, 0.25) is 11.8 Å². The number of alkyl carbamates (subject to hydrolysis) is 2. The number of hydrogen-bond acceptors (Lipinski definition) is 10. The fourth-order valence-corrected chi connectivity index (χ4v) is 7.18. The number of unbranched alkanes of at least 4 members (excludes halogenated alkanes) is 1. The molecular formula is C42H50N8O8. The number of nitrogens with zero attached hydrogens (tertiary/aromatic N) is 3. The van der Waals surface area contributed by atoms with Crippen LogP contribution < -0.4 is 16.0 Å². The monoisotopic (exact) mass is 794 g/mol. The third kappa shape index (κ3) is 9.74. The fourth-order valence-electron chi connectivity index (χ4n) is 7.18. The summed E-state index contributed by atoms with van der Waals surface area (Å²) >= 11 is 0. The second kappa shape index (κ2) is 19.0. The number of fused-ring (bicyclic) bond motifs is 2. The molecule has 58 heavy (non-hydrogen) atoms. The Kier molecular flexibility index (Phi) is 13.1. The molecule has 8 rings (SSSR count). The minimum absolute atomic E-state index is 0.0931. The van der Waals surface area contributed by atoms with Gasteiger partial charge in [0.25, 0.3) is 0 Å². The van der Waals surface area contributed by atoms with Crippen LogP contribution in [0.15, 0.2) is 60.8 Å². The lowest BCUT2D eigenvalue weighted by Crippen LogP contribution is -2.56. The van der Waals surface area contributed by atoms with Crippen molar-refractivity contribution in [3.05, 3.63) is 72.4 Å². The van der Waals surface area contributed by atoms with Crippen LogP contribution in [-0.2, 0) is 35.0 Å². The quantitative estimate of drug-likeness (QED) is 0.101. The number of methoxy groups -OCH3 is 2. The van der Waals surface area contributed by atoms with E-state index in [2.05, 4.69) is 84.2 Å². The van der Waals surface area contributed by atoms with E-state index < -0.39 is 18.2 Å². The molecule has 3 aromatic carbocycles. The van der Waals surface area contributed by atoms with E-state index in [-0.39, 0.29) is 30.3 Å². The Morgan fingerprint density at radius 1 is 0.862 bits per heavy atom. The van der Waals surface area contributed by atoms with Crippen LogP contribution in [0.4, 0.5) is 9.59 Å². The topological polar surface area (TPSA) is 202 Å². The number of rotatable bonds is 13. The van der Waals surface area contributed by atoms with Crippen molar-refractivity contribution in [2.24, 2.45) is 5.92 Å². The maximum atomic E-state index is 13.7. The number of H-pyrrole nitrogens is 2. The van der Waals surface area contributed by atoms with E-state index in [1.807, 2.05) is 17.2 Å². The highest BCUT2D eigenvalue weighted by atomic mass is 16.5. The van der Waals surface area contributed by atoms with Crippen LogP contribution in [0, 0.1) is 5.92 Å². The van der Waals surface area contributed by atoms with Crippen molar-refractivity contribution in [3.8, 4) is 22.4 Å². The molecule has 2 aromatic heterocycles. The Hall–Kier alpha value is -6.00. The molecule has 306 valence electrons. The van der Waals surface area contributed by atoms with E-state index in [0.29, 0.717) is 26.3 Å². The van der Waals surface area contributed by atoms with E-state index in [4.69, 9.17) is 19.2 Å². The van der Waals surface area contributed by atoms with Gasteiger partial charge in [-0.05, 0) is 78.3 Å². The average molecular weight is 795 g/mol. The zero-order valence-corrected chi connectivity index (χ0v) is 32.8. The first-order valence-corrected chi connectivity index (χ1v) is 19.8. The molecule has 3 aliphatic rings. The summed E-state index contributed by atoms with van der Waals surface area (Å²) in [6.07, 6.45) is 5.84. The highest BCUT2D eigenvalue weighted by Crippen LogP contribution is 2.35. The molecule has 0 bridgehead atoms. The Morgan fingerprint density at radius 2 is 1.57 bits per heavy atom. The maximum Gasteiger partial charge on any atom is 0.407 e. The summed E-state index contributed by atoms with van der Waals surface area (Å²) in [5.74, 6) is 1.12. The Labute approximate surface area is 335 Å². The van der Waals surface area contributed by atoms with Crippen LogP contribution in [0.3, 0.4) is 0 Å². The molecule has 2 unspecified atom stereocenters. The van der Waals surface area contributed by atoms with Crippen molar-refractivity contribution in [1.29, 1.82) is 0 Å². The number of benzene rings is 3. The molecule has 0 aliphatic carbocycles. The first-order valence-electron chi connectivity index (χ1n) is 19.8. The van der Waals surface area contributed by atoms with Gasteiger partial charge in [0, 0.05) is 44.2 Å². The van der Waals surface area contributed by atoms with Crippen LogP contribution in [-0.4, -0.2) is 115 Å². The van der Waals surface area contributed by atoms with Crippen LogP contribution in [0.2, 0.25) is 0 Å². The van der Waals surface area contributed by atoms with Gasteiger partial charge in [-0.15, -0.1) is 0 Å².